The zero-order chi connectivity index (χ0) is 23.6. The fourth-order valence-corrected chi connectivity index (χ4v) is 5.34. The lowest BCUT2D eigenvalue weighted by Crippen LogP contribution is -2.45. The number of carbonyl (C=O) groups is 1. The van der Waals surface area contributed by atoms with Gasteiger partial charge in [0, 0.05) is 50.7 Å². The average molecular weight is 498 g/mol. The molecule has 1 saturated heterocycles. The van der Waals surface area contributed by atoms with Gasteiger partial charge >= 0.3 is 0 Å². The van der Waals surface area contributed by atoms with E-state index < -0.39 is 0 Å². The van der Waals surface area contributed by atoms with Crippen LogP contribution in [0.3, 0.4) is 0 Å². The highest BCUT2D eigenvalue weighted by Crippen LogP contribution is 2.37. The molecule has 2 aliphatic rings. The van der Waals surface area contributed by atoms with Crippen molar-refractivity contribution in [1.82, 2.24) is 28.8 Å². The van der Waals surface area contributed by atoms with Crippen LogP contribution in [-0.2, 0) is 20.6 Å². The number of amides is 1. The predicted molar refractivity (Wildman–Crippen MR) is 138 cm³/mol. The summed E-state index contributed by atoms with van der Waals surface area (Å²) < 4.78 is 12.1. The lowest BCUT2D eigenvalue weighted by Gasteiger charge is -2.30. The second-order valence-electron chi connectivity index (χ2n) is 9.82. The molecule has 1 aliphatic carbocycles. The Labute approximate surface area is 210 Å². The van der Waals surface area contributed by atoms with Crippen LogP contribution in [-0.4, -0.2) is 60.9 Å². The van der Waals surface area contributed by atoms with E-state index in [1.165, 1.54) is 12.8 Å². The van der Waals surface area contributed by atoms with Gasteiger partial charge in [-0.2, -0.15) is 5.10 Å². The third kappa shape index (κ3) is 3.96. The Hall–Kier alpha value is -3.04. The summed E-state index contributed by atoms with van der Waals surface area (Å²) in [6.45, 7) is 2.27. The first kappa shape index (κ1) is 23.7. The maximum Gasteiger partial charge on any atom is 0.254 e. The molecule has 9 nitrogen and oxygen atoms in total. The number of hydrogen-bond acceptors (Lipinski definition) is 5. The fraction of sp³-hybridized carbons (Fsp3) is 0.480. The molecule has 1 aliphatic heterocycles. The molecular weight excluding hydrogens is 466 g/mol. The molecule has 1 saturated carbocycles. The zero-order valence-corrected chi connectivity index (χ0v) is 21.2. The number of nitrogens with zero attached hydrogens (tertiary/aromatic N) is 6. The highest BCUT2D eigenvalue weighted by Gasteiger charge is 2.28. The molecular formula is C25H32ClN7O2. The van der Waals surface area contributed by atoms with Crippen molar-refractivity contribution in [2.75, 3.05) is 20.2 Å². The van der Waals surface area contributed by atoms with Gasteiger partial charge in [-0.1, -0.05) is 0 Å². The summed E-state index contributed by atoms with van der Waals surface area (Å²) >= 11 is 0. The van der Waals surface area contributed by atoms with Crippen LogP contribution in [0, 0.1) is 5.92 Å². The minimum absolute atomic E-state index is 0. The number of nitrogens with two attached hydrogens (primary N) is 1. The van der Waals surface area contributed by atoms with Crippen molar-refractivity contribution in [1.29, 1.82) is 0 Å². The molecule has 186 valence electrons. The van der Waals surface area contributed by atoms with Crippen LogP contribution < -0.4 is 10.5 Å². The van der Waals surface area contributed by atoms with Gasteiger partial charge in [0.15, 0.2) is 5.82 Å². The minimum Gasteiger partial charge on any atom is -0.494 e. The fourth-order valence-electron chi connectivity index (χ4n) is 5.34. The zero-order valence-electron chi connectivity index (χ0n) is 20.4. The minimum atomic E-state index is -0.0172. The Morgan fingerprint density at radius 1 is 1.20 bits per heavy atom. The molecule has 0 bridgehead atoms. The first-order valence-corrected chi connectivity index (χ1v) is 12.1. The van der Waals surface area contributed by atoms with E-state index in [9.17, 15) is 4.79 Å². The van der Waals surface area contributed by atoms with E-state index >= 15 is 0 Å². The maximum atomic E-state index is 13.3. The predicted octanol–water partition coefficient (Wildman–Crippen LogP) is 3.33. The van der Waals surface area contributed by atoms with Crippen molar-refractivity contribution >= 4 is 40.4 Å². The standard InChI is InChI=1S/C25H31N7O2.ClH/c1-29-22-19(9-16(11-21(22)34-3)25(33)31-8-4-5-18(26)14-31)28-23(29)20-10-17-12-27-30(2)24(17)32(20)13-15-6-7-15;/h9-12,15,18H,4-8,13-14,26H2,1-3H3;1H. The molecule has 35 heavy (non-hydrogen) atoms. The number of rotatable bonds is 5. The van der Waals surface area contributed by atoms with Crippen LogP contribution >= 0.6 is 12.4 Å². The van der Waals surface area contributed by atoms with Gasteiger partial charge in [0.2, 0.25) is 0 Å². The van der Waals surface area contributed by atoms with Gasteiger partial charge in [0.25, 0.3) is 5.91 Å². The van der Waals surface area contributed by atoms with Crippen LogP contribution in [0.15, 0.2) is 24.4 Å². The van der Waals surface area contributed by atoms with Crippen molar-refractivity contribution in [3.63, 3.8) is 0 Å². The lowest BCUT2D eigenvalue weighted by atomic mass is 10.0. The number of aromatic nitrogens is 5. The number of aryl methyl sites for hydroxylation is 2. The van der Waals surface area contributed by atoms with Crippen LogP contribution in [0.25, 0.3) is 33.6 Å². The largest absolute Gasteiger partial charge is 0.494 e. The second-order valence-corrected chi connectivity index (χ2v) is 9.82. The van der Waals surface area contributed by atoms with E-state index in [4.69, 9.17) is 15.5 Å². The van der Waals surface area contributed by atoms with E-state index in [2.05, 4.69) is 20.3 Å². The van der Waals surface area contributed by atoms with Crippen LogP contribution in [0.2, 0.25) is 0 Å². The normalized spacial score (nSPS) is 18.3. The number of benzene rings is 1. The molecule has 10 heteroatoms. The van der Waals surface area contributed by atoms with Crippen molar-refractivity contribution < 1.29 is 9.53 Å². The first-order valence-electron chi connectivity index (χ1n) is 12.1. The van der Waals surface area contributed by atoms with E-state index in [1.807, 2.05) is 42.0 Å². The SMILES string of the molecule is COc1cc(C(=O)N2CCCC(N)C2)cc2nc(-c3cc4cnn(C)c4n3CC3CC3)n(C)c12.Cl. The van der Waals surface area contributed by atoms with Gasteiger partial charge in [0.1, 0.15) is 16.9 Å². The van der Waals surface area contributed by atoms with E-state index in [1.54, 1.807) is 7.11 Å². The number of carbonyl (C=O) groups excluding carboxylic acids is 1. The average Bonchev–Trinajstić information content (AvgIpc) is 3.36. The third-order valence-electron chi connectivity index (χ3n) is 7.29. The smallest absolute Gasteiger partial charge is 0.254 e. The molecule has 4 heterocycles. The van der Waals surface area contributed by atoms with Crippen LogP contribution in [0.1, 0.15) is 36.0 Å². The lowest BCUT2D eigenvalue weighted by molar-refractivity contribution is 0.0708. The molecule has 1 unspecified atom stereocenters. The summed E-state index contributed by atoms with van der Waals surface area (Å²) in [5.41, 5.74) is 10.5. The molecule has 0 spiro atoms. The molecule has 0 radical (unpaired) electrons. The van der Waals surface area contributed by atoms with Crippen molar-refractivity contribution in [2.24, 2.45) is 25.7 Å². The molecule has 2 fully saturated rings. The summed E-state index contributed by atoms with van der Waals surface area (Å²) in [5.74, 6) is 2.19. The van der Waals surface area contributed by atoms with E-state index in [-0.39, 0.29) is 24.4 Å². The van der Waals surface area contributed by atoms with Crippen molar-refractivity contribution in [3.8, 4) is 17.3 Å². The van der Waals surface area contributed by atoms with Gasteiger partial charge in [-0.25, -0.2) is 4.98 Å². The van der Waals surface area contributed by atoms with Gasteiger partial charge in [-0.05, 0) is 49.8 Å². The van der Waals surface area contributed by atoms with Crippen molar-refractivity contribution in [2.45, 2.75) is 38.3 Å². The summed E-state index contributed by atoms with van der Waals surface area (Å²) in [4.78, 5) is 20.2. The molecule has 3 aromatic heterocycles. The second kappa shape index (κ2) is 8.87. The Kier molecular flexibility index (Phi) is 6.01. The molecule has 1 atom stereocenters. The number of halogens is 1. The summed E-state index contributed by atoms with van der Waals surface area (Å²) in [6.07, 6.45) is 6.32. The monoisotopic (exact) mass is 497 g/mol. The number of hydrogen-bond donors (Lipinski definition) is 1. The number of methoxy groups -OCH3 is 1. The Morgan fingerprint density at radius 2 is 2.00 bits per heavy atom. The number of fused-ring (bicyclic) bond motifs is 2. The van der Waals surface area contributed by atoms with E-state index in [0.717, 1.165) is 59.5 Å². The summed E-state index contributed by atoms with van der Waals surface area (Å²) in [6, 6.07) is 5.92. The highest BCUT2D eigenvalue weighted by molar-refractivity contribution is 6.00. The van der Waals surface area contributed by atoms with Gasteiger partial charge in [-0.15, -0.1) is 12.4 Å². The van der Waals surface area contributed by atoms with Crippen LogP contribution in [0.4, 0.5) is 0 Å². The summed E-state index contributed by atoms with van der Waals surface area (Å²) in [5, 5.41) is 5.56. The van der Waals surface area contributed by atoms with E-state index in [0.29, 0.717) is 23.8 Å². The Morgan fingerprint density at radius 3 is 2.71 bits per heavy atom. The quantitative estimate of drug-likeness (QED) is 0.456. The maximum absolute atomic E-state index is 13.3. The molecule has 4 aromatic rings. The van der Waals surface area contributed by atoms with Crippen LogP contribution in [0.5, 0.6) is 5.75 Å². The number of likely N-dealkylation sites (tertiary alicyclic amines) is 1. The topological polar surface area (TPSA) is 96.1 Å². The molecule has 1 amide bonds. The highest BCUT2D eigenvalue weighted by atomic mass is 35.5. The van der Waals surface area contributed by atoms with Gasteiger partial charge in [-0.3, -0.25) is 9.48 Å². The number of imidazole rings is 1. The van der Waals surface area contributed by atoms with Gasteiger partial charge in [0.05, 0.1) is 24.5 Å². The third-order valence-corrected chi connectivity index (χ3v) is 7.29. The molecule has 6 rings (SSSR count). The Bertz CT molecular complexity index is 1410. The van der Waals surface area contributed by atoms with Gasteiger partial charge < -0.3 is 24.5 Å². The Balaban J connectivity index is 0.00000253. The number of piperidine rings is 1. The first-order chi connectivity index (χ1) is 16.4. The number of ether oxygens (including phenoxy) is 1. The molecule has 1 aromatic carbocycles. The van der Waals surface area contributed by atoms with Crippen molar-refractivity contribution in [3.05, 3.63) is 30.0 Å². The summed E-state index contributed by atoms with van der Waals surface area (Å²) in [7, 11) is 5.63. The molecule has 2 N–H and O–H groups in total.